The van der Waals surface area contributed by atoms with Crippen LogP contribution in [0.4, 0.5) is 0 Å². The molecule has 2 heterocycles. The minimum Gasteiger partial charge on any atom is -0.347 e. The van der Waals surface area contributed by atoms with Crippen molar-refractivity contribution < 1.29 is 4.79 Å². The third-order valence-corrected chi connectivity index (χ3v) is 4.69. The van der Waals surface area contributed by atoms with E-state index in [2.05, 4.69) is 22.3 Å². The Hall–Kier alpha value is -1.73. The summed E-state index contributed by atoms with van der Waals surface area (Å²) in [7, 11) is 1.86. The Labute approximate surface area is 134 Å². The van der Waals surface area contributed by atoms with Crippen molar-refractivity contribution in [3.05, 3.63) is 23.0 Å². The van der Waals surface area contributed by atoms with E-state index in [-0.39, 0.29) is 11.9 Å². The molecule has 1 unspecified atom stereocenters. The number of aryl methyl sites for hydroxylation is 2. The first-order valence-corrected chi connectivity index (χ1v) is 8.34. The van der Waals surface area contributed by atoms with Crippen molar-refractivity contribution in [1.29, 1.82) is 0 Å². The summed E-state index contributed by atoms with van der Waals surface area (Å²) in [6.07, 6.45) is 6.71. The van der Waals surface area contributed by atoms with Gasteiger partial charge in [-0.1, -0.05) is 19.8 Å². The van der Waals surface area contributed by atoms with Gasteiger partial charge in [0.2, 0.25) is 0 Å². The number of carbonyl (C=O) groups is 1. The van der Waals surface area contributed by atoms with E-state index >= 15 is 0 Å². The first-order valence-electron chi connectivity index (χ1n) is 7.52. The van der Waals surface area contributed by atoms with Gasteiger partial charge in [0.15, 0.2) is 0 Å². The molecular formula is C15H23N5OS. The number of amides is 1. The number of nitrogens with two attached hydrogens (primary N) is 1. The predicted octanol–water partition coefficient (Wildman–Crippen LogP) is 2.10. The van der Waals surface area contributed by atoms with Crippen LogP contribution in [-0.4, -0.2) is 33.3 Å². The van der Waals surface area contributed by atoms with Crippen molar-refractivity contribution in [2.75, 3.05) is 6.54 Å². The molecule has 1 amide bonds. The fourth-order valence-electron chi connectivity index (χ4n) is 2.21. The Morgan fingerprint density at radius 1 is 1.55 bits per heavy atom. The Kier molecular flexibility index (Phi) is 5.68. The highest BCUT2D eigenvalue weighted by atomic mass is 32.1. The fraction of sp³-hybridized carbons (Fsp3) is 0.533. The lowest BCUT2D eigenvalue weighted by molar-refractivity contribution is 0.0939. The molecule has 0 aliphatic rings. The van der Waals surface area contributed by atoms with E-state index in [4.69, 9.17) is 5.73 Å². The molecule has 0 spiro atoms. The van der Waals surface area contributed by atoms with E-state index in [1.54, 1.807) is 10.9 Å². The van der Waals surface area contributed by atoms with Crippen molar-refractivity contribution in [1.82, 2.24) is 20.1 Å². The molecule has 0 saturated carbocycles. The summed E-state index contributed by atoms with van der Waals surface area (Å²) in [6.45, 7) is 4.44. The number of hydrogen-bond acceptors (Lipinski definition) is 5. The van der Waals surface area contributed by atoms with Gasteiger partial charge >= 0.3 is 0 Å². The molecule has 6 nitrogen and oxygen atoms in total. The van der Waals surface area contributed by atoms with E-state index in [9.17, 15) is 4.79 Å². The Morgan fingerprint density at radius 2 is 2.32 bits per heavy atom. The smallest absolute Gasteiger partial charge is 0.263 e. The summed E-state index contributed by atoms with van der Waals surface area (Å²) < 4.78 is 1.72. The molecule has 0 fully saturated rings. The van der Waals surface area contributed by atoms with Crippen LogP contribution in [0.1, 0.15) is 41.6 Å². The molecule has 3 N–H and O–H groups in total. The van der Waals surface area contributed by atoms with Crippen LogP contribution in [0.2, 0.25) is 0 Å². The molecule has 0 aliphatic heterocycles. The molecule has 0 radical (unpaired) electrons. The van der Waals surface area contributed by atoms with Gasteiger partial charge in [-0.25, -0.2) is 4.98 Å². The molecular weight excluding hydrogens is 298 g/mol. The molecule has 0 aliphatic carbocycles. The monoisotopic (exact) mass is 321 g/mol. The zero-order chi connectivity index (χ0) is 16.1. The molecule has 22 heavy (non-hydrogen) atoms. The van der Waals surface area contributed by atoms with Crippen molar-refractivity contribution in [3.8, 4) is 10.6 Å². The minimum atomic E-state index is -0.0864. The van der Waals surface area contributed by atoms with Gasteiger partial charge in [-0.05, 0) is 13.3 Å². The van der Waals surface area contributed by atoms with Crippen LogP contribution < -0.4 is 11.1 Å². The molecule has 0 bridgehead atoms. The van der Waals surface area contributed by atoms with Gasteiger partial charge in [-0.3, -0.25) is 9.48 Å². The number of thiazole rings is 1. The summed E-state index contributed by atoms with van der Waals surface area (Å²) in [5.41, 5.74) is 7.41. The van der Waals surface area contributed by atoms with Gasteiger partial charge in [-0.2, -0.15) is 5.10 Å². The van der Waals surface area contributed by atoms with Crippen LogP contribution in [-0.2, 0) is 7.05 Å². The van der Waals surface area contributed by atoms with Crippen molar-refractivity contribution in [2.24, 2.45) is 12.8 Å². The molecule has 0 saturated heterocycles. The second-order valence-corrected chi connectivity index (χ2v) is 6.38. The summed E-state index contributed by atoms with van der Waals surface area (Å²) in [5.74, 6) is -0.0864. The maximum atomic E-state index is 12.4. The van der Waals surface area contributed by atoms with Crippen molar-refractivity contribution in [3.63, 3.8) is 0 Å². The number of carbonyl (C=O) groups excluding carboxylic acids is 1. The molecule has 2 aromatic heterocycles. The highest BCUT2D eigenvalue weighted by molar-refractivity contribution is 7.17. The normalized spacial score (nSPS) is 12.4. The van der Waals surface area contributed by atoms with E-state index in [1.807, 2.05) is 20.2 Å². The number of rotatable bonds is 7. The van der Waals surface area contributed by atoms with Crippen LogP contribution in [0, 0.1) is 6.92 Å². The van der Waals surface area contributed by atoms with E-state index < -0.39 is 0 Å². The highest BCUT2D eigenvalue weighted by Gasteiger charge is 2.19. The highest BCUT2D eigenvalue weighted by Crippen LogP contribution is 2.27. The first-order chi connectivity index (χ1) is 10.5. The van der Waals surface area contributed by atoms with Gasteiger partial charge in [0.1, 0.15) is 9.88 Å². The molecule has 2 aromatic rings. The summed E-state index contributed by atoms with van der Waals surface area (Å²) in [5, 5.41) is 7.97. The maximum Gasteiger partial charge on any atom is 0.263 e. The number of unbranched alkanes of at least 4 members (excludes halogenated alkanes) is 1. The lowest BCUT2D eigenvalue weighted by Gasteiger charge is -2.15. The minimum absolute atomic E-state index is 0.0239. The third-order valence-electron chi connectivity index (χ3n) is 3.48. The average Bonchev–Trinajstić information content (AvgIpc) is 3.09. The molecule has 7 heteroatoms. The lowest BCUT2D eigenvalue weighted by Crippen LogP contribution is -2.40. The number of nitrogens with one attached hydrogen (secondary N) is 1. The van der Waals surface area contributed by atoms with E-state index in [0.717, 1.165) is 35.5 Å². The molecule has 2 rings (SSSR count). The molecule has 0 aromatic carbocycles. The van der Waals surface area contributed by atoms with E-state index in [1.165, 1.54) is 11.3 Å². The Morgan fingerprint density at radius 3 is 2.91 bits per heavy atom. The van der Waals surface area contributed by atoms with Crippen LogP contribution in [0.15, 0.2) is 12.4 Å². The lowest BCUT2D eigenvalue weighted by atomic mass is 10.1. The van der Waals surface area contributed by atoms with Crippen LogP contribution in [0.5, 0.6) is 0 Å². The number of nitrogens with zero attached hydrogens (tertiary/aromatic N) is 3. The van der Waals surface area contributed by atoms with Gasteiger partial charge in [0, 0.05) is 31.4 Å². The predicted molar refractivity (Wildman–Crippen MR) is 88.9 cm³/mol. The summed E-state index contributed by atoms with van der Waals surface area (Å²) in [6, 6.07) is 0.0239. The number of aromatic nitrogens is 3. The average molecular weight is 321 g/mol. The zero-order valence-corrected chi connectivity index (χ0v) is 14.1. The van der Waals surface area contributed by atoms with Crippen molar-refractivity contribution in [2.45, 2.75) is 39.2 Å². The third kappa shape index (κ3) is 3.92. The summed E-state index contributed by atoms with van der Waals surface area (Å²) >= 11 is 1.39. The van der Waals surface area contributed by atoms with Crippen LogP contribution >= 0.6 is 11.3 Å². The zero-order valence-electron chi connectivity index (χ0n) is 13.3. The van der Waals surface area contributed by atoms with Crippen LogP contribution in [0.25, 0.3) is 10.6 Å². The topological polar surface area (TPSA) is 85.8 Å². The SMILES string of the molecule is CCCCC(CN)NC(=O)c1sc(-c2cnn(C)c2)nc1C. The first kappa shape index (κ1) is 16.6. The van der Waals surface area contributed by atoms with Crippen molar-refractivity contribution >= 4 is 17.2 Å². The second kappa shape index (κ2) is 7.51. The largest absolute Gasteiger partial charge is 0.347 e. The fourth-order valence-corrected chi connectivity index (χ4v) is 3.16. The quantitative estimate of drug-likeness (QED) is 0.817. The standard InChI is InChI=1S/C15H23N5OS/c1-4-5-6-12(7-16)19-14(21)13-10(2)18-15(22-13)11-8-17-20(3)9-11/h8-9,12H,4-7,16H2,1-3H3,(H,19,21). The van der Waals surface area contributed by atoms with Gasteiger partial charge in [0.05, 0.1) is 11.9 Å². The number of hydrogen-bond donors (Lipinski definition) is 2. The van der Waals surface area contributed by atoms with Crippen LogP contribution in [0.3, 0.4) is 0 Å². The summed E-state index contributed by atoms with van der Waals surface area (Å²) in [4.78, 5) is 17.6. The maximum absolute atomic E-state index is 12.4. The van der Waals surface area contributed by atoms with E-state index in [0.29, 0.717) is 11.4 Å². The Balaban J connectivity index is 2.11. The van der Waals surface area contributed by atoms with Gasteiger partial charge < -0.3 is 11.1 Å². The van der Waals surface area contributed by atoms with Gasteiger partial charge in [0.25, 0.3) is 5.91 Å². The molecule has 1 atom stereocenters. The molecule has 120 valence electrons. The van der Waals surface area contributed by atoms with Gasteiger partial charge in [-0.15, -0.1) is 11.3 Å². The second-order valence-electron chi connectivity index (χ2n) is 5.38. The Bertz CT molecular complexity index is 634.